The van der Waals surface area contributed by atoms with E-state index in [0.717, 1.165) is 0 Å². The highest BCUT2D eigenvalue weighted by Crippen LogP contribution is 2.23. The Morgan fingerprint density at radius 3 is 2.62 bits per heavy atom. The molecule has 1 unspecified atom stereocenters. The van der Waals surface area contributed by atoms with E-state index in [2.05, 4.69) is 5.32 Å². The predicted molar refractivity (Wildman–Crippen MR) is 61.6 cm³/mol. The predicted octanol–water partition coefficient (Wildman–Crippen LogP) is 2.00. The van der Waals surface area contributed by atoms with Gasteiger partial charge in [0.05, 0.1) is 12.1 Å². The minimum absolute atomic E-state index is 0.270. The summed E-state index contributed by atoms with van der Waals surface area (Å²) in [4.78, 5) is 11.4. The maximum atomic E-state index is 12.8. The molecule has 2 atom stereocenters. The molecule has 0 aromatic heterocycles. The van der Waals surface area contributed by atoms with E-state index in [0.29, 0.717) is 5.56 Å². The molecule has 0 radical (unpaired) electrons. The van der Waals surface area contributed by atoms with Gasteiger partial charge in [0.2, 0.25) is 5.91 Å². The summed E-state index contributed by atoms with van der Waals surface area (Å²) in [5.41, 5.74) is 6.08. The number of rotatable bonds is 3. The second-order valence-corrected chi connectivity index (χ2v) is 4.09. The lowest BCUT2D eigenvalue weighted by Crippen LogP contribution is -2.39. The van der Waals surface area contributed by atoms with Gasteiger partial charge < -0.3 is 11.1 Å². The molecule has 0 fully saturated rings. The Hall–Kier alpha value is -1.13. The highest BCUT2D eigenvalue weighted by Gasteiger charge is 2.15. The van der Waals surface area contributed by atoms with Crippen LogP contribution in [0.1, 0.15) is 25.5 Å². The van der Waals surface area contributed by atoms with E-state index in [9.17, 15) is 9.18 Å². The van der Waals surface area contributed by atoms with Gasteiger partial charge >= 0.3 is 0 Å². The Kier molecular flexibility index (Phi) is 4.26. The van der Waals surface area contributed by atoms with Crippen LogP contribution >= 0.6 is 11.6 Å². The van der Waals surface area contributed by atoms with Gasteiger partial charge in [0.25, 0.3) is 0 Å². The van der Waals surface area contributed by atoms with Crippen molar-refractivity contribution in [3.05, 3.63) is 34.6 Å². The second kappa shape index (κ2) is 5.27. The van der Waals surface area contributed by atoms with Crippen molar-refractivity contribution >= 4 is 17.5 Å². The van der Waals surface area contributed by atoms with Crippen LogP contribution in [0.2, 0.25) is 5.02 Å². The van der Waals surface area contributed by atoms with Crippen LogP contribution in [0.4, 0.5) is 4.39 Å². The Morgan fingerprint density at radius 1 is 1.50 bits per heavy atom. The van der Waals surface area contributed by atoms with Crippen LogP contribution in [0.25, 0.3) is 0 Å². The van der Waals surface area contributed by atoms with Crippen LogP contribution in [-0.4, -0.2) is 11.9 Å². The van der Waals surface area contributed by atoms with Gasteiger partial charge in [0.15, 0.2) is 0 Å². The highest BCUT2D eigenvalue weighted by atomic mass is 35.5. The van der Waals surface area contributed by atoms with Gasteiger partial charge in [-0.2, -0.15) is 0 Å². The summed E-state index contributed by atoms with van der Waals surface area (Å²) in [5.74, 6) is -0.674. The monoisotopic (exact) mass is 244 g/mol. The molecule has 88 valence electrons. The molecule has 1 aromatic carbocycles. The molecule has 1 amide bonds. The summed E-state index contributed by atoms with van der Waals surface area (Å²) in [5, 5.41) is 2.97. The van der Waals surface area contributed by atoms with E-state index < -0.39 is 11.9 Å². The van der Waals surface area contributed by atoms with Crippen molar-refractivity contribution in [1.29, 1.82) is 0 Å². The van der Waals surface area contributed by atoms with E-state index >= 15 is 0 Å². The zero-order valence-electron chi connectivity index (χ0n) is 9.13. The number of nitrogens with one attached hydrogen (secondary N) is 1. The molecule has 0 aliphatic rings. The van der Waals surface area contributed by atoms with E-state index in [1.807, 2.05) is 0 Å². The summed E-state index contributed by atoms with van der Waals surface area (Å²) in [6.07, 6.45) is 0. The van der Waals surface area contributed by atoms with Crippen molar-refractivity contribution in [2.24, 2.45) is 5.73 Å². The number of carbonyl (C=O) groups excluding carboxylic acids is 1. The fourth-order valence-corrected chi connectivity index (χ4v) is 1.61. The Morgan fingerprint density at radius 2 is 2.12 bits per heavy atom. The quantitative estimate of drug-likeness (QED) is 0.855. The summed E-state index contributed by atoms with van der Waals surface area (Å²) in [6.45, 7) is 3.35. The lowest BCUT2D eigenvalue weighted by atomic mass is 10.1. The molecule has 5 heteroatoms. The summed E-state index contributed by atoms with van der Waals surface area (Å²) >= 11 is 5.86. The lowest BCUT2D eigenvalue weighted by molar-refractivity contribution is -0.122. The first-order valence-corrected chi connectivity index (χ1v) is 5.30. The van der Waals surface area contributed by atoms with E-state index in [1.54, 1.807) is 19.9 Å². The third kappa shape index (κ3) is 3.18. The smallest absolute Gasteiger partial charge is 0.237 e. The standard InChI is InChI=1S/C11H14ClFN2O/c1-6(14)11(16)15-7(2)9-4-3-8(13)5-10(9)12/h3-7H,14H2,1-2H3,(H,15,16)/t6-,7?/m0/s1. The van der Waals surface area contributed by atoms with Crippen molar-refractivity contribution in [1.82, 2.24) is 5.32 Å². The largest absolute Gasteiger partial charge is 0.348 e. The first kappa shape index (κ1) is 12.9. The Bertz CT molecular complexity index is 396. The van der Waals surface area contributed by atoms with Crippen molar-refractivity contribution in [3.8, 4) is 0 Å². The Labute approximate surface area is 98.8 Å². The first-order valence-electron chi connectivity index (χ1n) is 4.92. The minimum Gasteiger partial charge on any atom is -0.348 e. The van der Waals surface area contributed by atoms with Gasteiger partial charge in [-0.25, -0.2) is 4.39 Å². The van der Waals surface area contributed by atoms with Crippen LogP contribution in [0, 0.1) is 5.82 Å². The molecule has 0 aliphatic heterocycles. The molecule has 0 saturated heterocycles. The zero-order chi connectivity index (χ0) is 12.3. The highest BCUT2D eigenvalue weighted by molar-refractivity contribution is 6.31. The van der Waals surface area contributed by atoms with Crippen LogP contribution in [0.15, 0.2) is 18.2 Å². The molecule has 1 aromatic rings. The van der Waals surface area contributed by atoms with Crippen LogP contribution in [0.5, 0.6) is 0 Å². The van der Waals surface area contributed by atoms with E-state index in [4.69, 9.17) is 17.3 Å². The number of benzene rings is 1. The van der Waals surface area contributed by atoms with Gasteiger partial charge in [-0.1, -0.05) is 17.7 Å². The van der Waals surface area contributed by atoms with Gasteiger partial charge in [-0.15, -0.1) is 0 Å². The number of halogens is 2. The van der Waals surface area contributed by atoms with Gasteiger partial charge in [0.1, 0.15) is 5.82 Å². The summed E-state index contributed by atoms with van der Waals surface area (Å²) in [7, 11) is 0. The third-order valence-corrected chi connectivity index (χ3v) is 2.53. The molecule has 0 aliphatic carbocycles. The SMILES string of the molecule is CC(NC(=O)[C@H](C)N)c1ccc(F)cc1Cl. The van der Waals surface area contributed by atoms with Crippen molar-refractivity contribution in [3.63, 3.8) is 0 Å². The fourth-order valence-electron chi connectivity index (χ4n) is 1.28. The topological polar surface area (TPSA) is 55.1 Å². The van der Waals surface area contributed by atoms with Crippen molar-refractivity contribution in [2.75, 3.05) is 0 Å². The van der Waals surface area contributed by atoms with Crippen LogP contribution < -0.4 is 11.1 Å². The number of hydrogen-bond donors (Lipinski definition) is 2. The first-order chi connectivity index (χ1) is 7.41. The summed E-state index contributed by atoms with van der Waals surface area (Å²) < 4.78 is 12.8. The summed E-state index contributed by atoms with van der Waals surface area (Å²) in [6, 6.07) is 3.18. The molecule has 0 bridgehead atoms. The van der Waals surface area contributed by atoms with Gasteiger partial charge in [0, 0.05) is 5.02 Å². The molecule has 0 spiro atoms. The number of amides is 1. The average Bonchev–Trinajstić information content (AvgIpc) is 2.16. The van der Waals surface area contributed by atoms with Gasteiger partial charge in [-0.3, -0.25) is 4.79 Å². The molecule has 0 saturated carbocycles. The maximum Gasteiger partial charge on any atom is 0.237 e. The zero-order valence-corrected chi connectivity index (χ0v) is 9.88. The number of nitrogens with two attached hydrogens (primary N) is 1. The molecular weight excluding hydrogens is 231 g/mol. The molecule has 0 heterocycles. The number of carbonyl (C=O) groups is 1. The van der Waals surface area contributed by atoms with Crippen LogP contribution in [0.3, 0.4) is 0 Å². The van der Waals surface area contributed by atoms with E-state index in [1.165, 1.54) is 12.1 Å². The molecular formula is C11H14ClFN2O. The Balaban J connectivity index is 2.80. The fraction of sp³-hybridized carbons (Fsp3) is 0.364. The lowest BCUT2D eigenvalue weighted by Gasteiger charge is -2.17. The third-order valence-electron chi connectivity index (χ3n) is 2.20. The van der Waals surface area contributed by atoms with Crippen LogP contribution in [-0.2, 0) is 4.79 Å². The molecule has 3 N–H and O–H groups in total. The molecule has 3 nitrogen and oxygen atoms in total. The van der Waals surface area contributed by atoms with Crippen molar-refractivity contribution < 1.29 is 9.18 Å². The van der Waals surface area contributed by atoms with Gasteiger partial charge in [-0.05, 0) is 31.5 Å². The average molecular weight is 245 g/mol. The van der Waals surface area contributed by atoms with E-state index in [-0.39, 0.29) is 17.0 Å². The molecule has 16 heavy (non-hydrogen) atoms. The molecule has 1 rings (SSSR count). The number of hydrogen-bond acceptors (Lipinski definition) is 2. The van der Waals surface area contributed by atoms with Crippen molar-refractivity contribution in [2.45, 2.75) is 25.9 Å². The minimum atomic E-state index is -0.582. The second-order valence-electron chi connectivity index (χ2n) is 3.68. The maximum absolute atomic E-state index is 12.8. The normalized spacial score (nSPS) is 14.3.